The molecule has 15 heavy (non-hydrogen) atoms. The van der Waals surface area contributed by atoms with Crippen LogP contribution < -0.4 is 10.7 Å². The van der Waals surface area contributed by atoms with Crippen LogP contribution >= 0.6 is 0 Å². The number of carbonyl (C=O) groups is 1. The van der Waals surface area contributed by atoms with E-state index in [0.717, 1.165) is 6.42 Å². The zero-order valence-electron chi connectivity index (χ0n) is 8.56. The molecule has 0 saturated heterocycles. The lowest BCUT2D eigenvalue weighted by atomic mass is 10.3. The van der Waals surface area contributed by atoms with Gasteiger partial charge in [-0.2, -0.15) is 0 Å². The minimum atomic E-state index is -0.366. The maximum atomic E-state index is 11.0. The van der Waals surface area contributed by atoms with Gasteiger partial charge in [-0.05, 0) is 13.3 Å². The van der Waals surface area contributed by atoms with E-state index in [9.17, 15) is 14.7 Å². The highest BCUT2D eigenvalue weighted by Crippen LogP contribution is 2.09. The second-order valence-electron chi connectivity index (χ2n) is 3.23. The molecule has 0 saturated carbocycles. The minimum absolute atomic E-state index is 0.208. The Kier molecular flexibility index (Phi) is 3.91. The van der Waals surface area contributed by atoms with Gasteiger partial charge in [-0.15, -0.1) is 0 Å². The van der Waals surface area contributed by atoms with E-state index in [0.29, 0.717) is 25.2 Å². The Bertz CT molecular complexity index is 398. The standard InChI is InChI=1S/C10H14N2O3/c1-8-10(15)9(14)3-6-12(8)5-2-4-11-7-13/h3,6-7,15H,2,4-5H2,1H3,(H,11,13). The first-order chi connectivity index (χ1) is 7.16. The number of aryl methyl sites for hydroxylation is 1. The van der Waals surface area contributed by atoms with Crippen molar-refractivity contribution in [2.75, 3.05) is 6.54 Å². The number of hydrogen-bond donors (Lipinski definition) is 2. The summed E-state index contributed by atoms with van der Waals surface area (Å²) in [5.41, 5.74) is 0.184. The molecule has 0 spiro atoms. The molecule has 0 aliphatic rings. The molecular weight excluding hydrogens is 196 g/mol. The maximum Gasteiger partial charge on any atom is 0.223 e. The van der Waals surface area contributed by atoms with Crippen molar-refractivity contribution in [3.63, 3.8) is 0 Å². The first-order valence-corrected chi connectivity index (χ1v) is 4.73. The van der Waals surface area contributed by atoms with Crippen molar-refractivity contribution in [3.05, 3.63) is 28.2 Å². The monoisotopic (exact) mass is 210 g/mol. The Morgan fingerprint density at radius 1 is 1.60 bits per heavy atom. The van der Waals surface area contributed by atoms with E-state index in [1.54, 1.807) is 17.7 Å². The fraction of sp³-hybridized carbons (Fsp3) is 0.400. The first-order valence-electron chi connectivity index (χ1n) is 4.73. The molecule has 82 valence electrons. The van der Waals surface area contributed by atoms with Crippen LogP contribution in [0.15, 0.2) is 17.1 Å². The van der Waals surface area contributed by atoms with Gasteiger partial charge in [0.15, 0.2) is 5.75 Å². The van der Waals surface area contributed by atoms with Gasteiger partial charge in [0.2, 0.25) is 11.8 Å². The van der Waals surface area contributed by atoms with Crippen LogP contribution in [0, 0.1) is 6.92 Å². The van der Waals surface area contributed by atoms with Crippen LogP contribution in [0.2, 0.25) is 0 Å². The summed E-state index contributed by atoms with van der Waals surface area (Å²) in [5.74, 6) is -0.208. The number of aromatic nitrogens is 1. The van der Waals surface area contributed by atoms with E-state index >= 15 is 0 Å². The molecule has 0 radical (unpaired) electrons. The number of carbonyl (C=O) groups excluding carboxylic acids is 1. The lowest BCUT2D eigenvalue weighted by Gasteiger charge is -2.10. The second-order valence-corrected chi connectivity index (χ2v) is 3.23. The molecule has 0 aromatic carbocycles. The van der Waals surface area contributed by atoms with Crippen molar-refractivity contribution in [3.8, 4) is 5.75 Å². The largest absolute Gasteiger partial charge is 0.503 e. The normalized spacial score (nSPS) is 9.93. The summed E-state index contributed by atoms with van der Waals surface area (Å²) >= 11 is 0. The van der Waals surface area contributed by atoms with Gasteiger partial charge >= 0.3 is 0 Å². The number of pyridine rings is 1. The molecule has 1 aromatic rings. The molecule has 0 aliphatic heterocycles. The molecule has 5 heteroatoms. The van der Waals surface area contributed by atoms with E-state index in [1.807, 2.05) is 0 Å². The Hall–Kier alpha value is -1.78. The van der Waals surface area contributed by atoms with Gasteiger partial charge in [0, 0.05) is 25.4 Å². The highest BCUT2D eigenvalue weighted by Gasteiger charge is 2.03. The van der Waals surface area contributed by atoms with Crippen LogP contribution in [0.4, 0.5) is 0 Å². The molecule has 1 heterocycles. The van der Waals surface area contributed by atoms with Crippen LogP contribution in [-0.4, -0.2) is 22.6 Å². The topological polar surface area (TPSA) is 71.3 Å². The second kappa shape index (κ2) is 5.19. The number of amides is 1. The number of hydrogen-bond acceptors (Lipinski definition) is 3. The molecule has 0 atom stereocenters. The third-order valence-electron chi connectivity index (χ3n) is 2.22. The summed E-state index contributed by atoms with van der Waals surface area (Å²) in [4.78, 5) is 21.0. The van der Waals surface area contributed by atoms with Crippen LogP contribution in [-0.2, 0) is 11.3 Å². The van der Waals surface area contributed by atoms with Gasteiger partial charge in [-0.1, -0.05) is 0 Å². The van der Waals surface area contributed by atoms with Gasteiger partial charge in [0.05, 0.1) is 5.69 Å². The summed E-state index contributed by atoms with van der Waals surface area (Å²) in [7, 11) is 0. The van der Waals surface area contributed by atoms with Crippen molar-refractivity contribution in [2.45, 2.75) is 19.9 Å². The Labute approximate surface area is 87.4 Å². The van der Waals surface area contributed by atoms with Crippen LogP contribution in [0.5, 0.6) is 5.75 Å². The third kappa shape index (κ3) is 2.83. The number of aromatic hydroxyl groups is 1. The summed E-state index contributed by atoms with van der Waals surface area (Å²) in [6, 6.07) is 1.33. The number of nitrogens with one attached hydrogen (secondary N) is 1. The fourth-order valence-corrected chi connectivity index (χ4v) is 1.32. The average Bonchev–Trinajstić information content (AvgIpc) is 2.24. The number of rotatable bonds is 5. The van der Waals surface area contributed by atoms with Crippen molar-refractivity contribution < 1.29 is 9.90 Å². The highest BCUT2D eigenvalue weighted by atomic mass is 16.3. The summed E-state index contributed by atoms with van der Waals surface area (Å²) in [6.45, 7) is 2.92. The van der Waals surface area contributed by atoms with Crippen LogP contribution in [0.3, 0.4) is 0 Å². The summed E-state index contributed by atoms with van der Waals surface area (Å²) in [6.07, 6.45) is 3.04. The van der Waals surface area contributed by atoms with E-state index in [4.69, 9.17) is 0 Å². The lowest BCUT2D eigenvalue weighted by Crippen LogP contribution is -2.16. The van der Waals surface area contributed by atoms with Crippen LogP contribution in [0.1, 0.15) is 12.1 Å². The molecule has 1 rings (SSSR count). The molecule has 0 bridgehead atoms. The molecule has 0 aliphatic carbocycles. The number of nitrogens with zero attached hydrogens (tertiary/aromatic N) is 1. The van der Waals surface area contributed by atoms with E-state index < -0.39 is 0 Å². The average molecular weight is 210 g/mol. The zero-order valence-corrected chi connectivity index (χ0v) is 8.56. The van der Waals surface area contributed by atoms with Crippen molar-refractivity contribution in [1.82, 2.24) is 9.88 Å². The molecule has 0 unspecified atom stereocenters. The van der Waals surface area contributed by atoms with Crippen molar-refractivity contribution in [2.24, 2.45) is 0 Å². The fourth-order valence-electron chi connectivity index (χ4n) is 1.32. The molecule has 5 nitrogen and oxygen atoms in total. The lowest BCUT2D eigenvalue weighted by molar-refractivity contribution is -0.109. The summed E-state index contributed by atoms with van der Waals surface area (Å²) < 4.78 is 1.78. The minimum Gasteiger partial charge on any atom is -0.503 e. The Morgan fingerprint density at radius 2 is 2.33 bits per heavy atom. The predicted octanol–water partition coefficient (Wildman–Crippen LogP) is -0.00158. The molecular formula is C10H14N2O3. The zero-order chi connectivity index (χ0) is 11.3. The smallest absolute Gasteiger partial charge is 0.223 e. The third-order valence-corrected chi connectivity index (χ3v) is 2.22. The Balaban J connectivity index is 2.66. The van der Waals surface area contributed by atoms with E-state index in [2.05, 4.69) is 5.32 Å². The van der Waals surface area contributed by atoms with E-state index in [1.165, 1.54) is 6.07 Å². The highest BCUT2D eigenvalue weighted by molar-refractivity contribution is 5.45. The quantitative estimate of drug-likeness (QED) is 0.530. The van der Waals surface area contributed by atoms with Gasteiger partial charge in [0.1, 0.15) is 0 Å². The van der Waals surface area contributed by atoms with E-state index in [-0.39, 0.29) is 11.2 Å². The van der Waals surface area contributed by atoms with Crippen molar-refractivity contribution in [1.29, 1.82) is 0 Å². The molecule has 1 amide bonds. The molecule has 2 N–H and O–H groups in total. The van der Waals surface area contributed by atoms with Gasteiger partial charge in [-0.3, -0.25) is 9.59 Å². The van der Waals surface area contributed by atoms with Crippen molar-refractivity contribution >= 4 is 6.41 Å². The summed E-state index contributed by atoms with van der Waals surface area (Å²) in [5, 5.41) is 11.9. The first kappa shape index (κ1) is 11.3. The molecule has 0 fully saturated rings. The predicted molar refractivity (Wildman–Crippen MR) is 55.8 cm³/mol. The Morgan fingerprint density at radius 3 is 3.00 bits per heavy atom. The van der Waals surface area contributed by atoms with Gasteiger partial charge in [-0.25, -0.2) is 0 Å². The SMILES string of the molecule is Cc1c(O)c(=O)ccn1CCCNC=O. The van der Waals surface area contributed by atoms with Crippen LogP contribution in [0.25, 0.3) is 0 Å². The van der Waals surface area contributed by atoms with Gasteiger partial charge < -0.3 is 15.0 Å². The maximum absolute atomic E-state index is 11.0. The molecule has 1 aromatic heterocycles. The van der Waals surface area contributed by atoms with Gasteiger partial charge in [0.25, 0.3) is 0 Å².